The highest BCUT2D eigenvalue weighted by molar-refractivity contribution is 9.11. The Morgan fingerprint density at radius 2 is 1.10 bits per heavy atom. The second-order valence-electron chi connectivity index (χ2n) is 5.13. The van der Waals surface area contributed by atoms with E-state index in [-0.39, 0.29) is 30.2 Å². The van der Waals surface area contributed by atoms with Gasteiger partial charge in [0, 0.05) is 12.2 Å². The van der Waals surface area contributed by atoms with E-state index in [9.17, 15) is 18.0 Å². The lowest BCUT2D eigenvalue weighted by Gasteiger charge is -2.15. The zero-order valence-electron chi connectivity index (χ0n) is 14.2. The van der Waals surface area contributed by atoms with Crippen LogP contribution in [0.25, 0.3) is 0 Å². The summed E-state index contributed by atoms with van der Waals surface area (Å²) >= 11 is 12.8. The van der Waals surface area contributed by atoms with Crippen LogP contribution in [0.15, 0.2) is 77.3 Å². The number of carbonyl (C=O) groups is 2. The Kier molecular flexibility index (Phi) is 8.02. The van der Waals surface area contributed by atoms with Gasteiger partial charge in [-0.05, 0) is 88.0 Å². The summed E-state index contributed by atoms with van der Waals surface area (Å²) in [5.74, 6) is -1.57. The molecule has 6 nitrogen and oxygen atoms in total. The molecule has 0 radical (unpaired) electrons. The summed E-state index contributed by atoms with van der Waals surface area (Å²) in [6.45, 7) is 6.63. The van der Waals surface area contributed by atoms with E-state index in [0.717, 1.165) is 12.2 Å². The lowest BCUT2D eigenvalue weighted by Crippen LogP contribution is -2.10. The summed E-state index contributed by atoms with van der Waals surface area (Å²) in [6.07, 6.45) is 1.90. The second kappa shape index (κ2) is 9.69. The minimum Gasteiger partial charge on any atom is -0.421 e. The first kappa shape index (κ1) is 24.0. The average molecular weight is 674 g/mol. The van der Waals surface area contributed by atoms with Gasteiger partial charge in [0.2, 0.25) is 9.84 Å². The molecule has 0 aliphatic carbocycles. The number of benzene rings is 2. The minimum atomic E-state index is -4.13. The largest absolute Gasteiger partial charge is 0.421 e. The summed E-state index contributed by atoms with van der Waals surface area (Å²) in [4.78, 5) is 22.8. The SMILES string of the molecule is C=CC(=O)Oc1c(Br)ccc(S(=O)(=O)c2ccc(Br)c(OC(=O)C=C)c2Br)c1Br. The molecule has 0 atom stereocenters. The van der Waals surface area contributed by atoms with Gasteiger partial charge in [0.1, 0.15) is 0 Å². The summed E-state index contributed by atoms with van der Waals surface area (Å²) in [5.41, 5.74) is 0. The molecule has 0 unspecified atom stereocenters. The Morgan fingerprint density at radius 3 is 1.41 bits per heavy atom. The highest BCUT2D eigenvalue weighted by Gasteiger charge is 2.29. The van der Waals surface area contributed by atoms with Crippen molar-refractivity contribution in [2.24, 2.45) is 0 Å². The fourth-order valence-electron chi connectivity index (χ4n) is 2.03. The van der Waals surface area contributed by atoms with Crippen molar-refractivity contribution in [3.63, 3.8) is 0 Å². The van der Waals surface area contributed by atoms with Gasteiger partial charge >= 0.3 is 11.9 Å². The number of hydrogen-bond acceptors (Lipinski definition) is 6. The molecule has 0 spiro atoms. The Labute approximate surface area is 200 Å². The summed E-state index contributed by atoms with van der Waals surface area (Å²) in [5, 5.41) is 0. The van der Waals surface area contributed by atoms with Crippen molar-refractivity contribution in [2.45, 2.75) is 9.79 Å². The number of ether oxygens (including phenoxy) is 2. The van der Waals surface area contributed by atoms with Crippen LogP contribution in [0, 0.1) is 0 Å². The van der Waals surface area contributed by atoms with E-state index in [2.05, 4.69) is 76.9 Å². The number of rotatable bonds is 6. The molecule has 0 aromatic heterocycles. The van der Waals surface area contributed by atoms with Crippen LogP contribution >= 0.6 is 63.7 Å². The molecular weight excluding hydrogens is 664 g/mol. The van der Waals surface area contributed by atoms with Gasteiger partial charge in [0.15, 0.2) is 11.5 Å². The van der Waals surface area contributed by atoms with Crippen LogP contribution in [-0.2, 0) is 19.4 Å². The van der Waals surface area contributed by atoms with Crippen LogP contribution in [-0.4, -0.2) is 20.4 Å². The molecule has 0 aliphatic heterocycles. The monoisotopic (exact) mass is 670 g/mol. The van der Waals surface area contributed by atoms with Crippen LogP contribution in [0.3, 0.4) is 0 Å². The second-order valence-corrected chi connectivity index (χ2v) is 10.3. The first-order chi connectivity index (χ1) is 13.5. The number of carbonyl (C=O) groups excluding carboxylic acids is 2. The third-order valence-electron chi connectivity index (χ3n) is 3.34. The van der Waals surface area contributed by atoms with Crippen LogP contribution in [0.5, 0.6) is 11.5 Å². The predicted molar refractivity (Wildman–Crippen MR) is 121 cm³/mol. The summed E-state index contributed by atoms with van der Waals surface area (Å²) < 4.78 is 37.6. The van der Waals surface area contributed by atoms with Gasteiger partial charge < -0.3 is 9.47 Å². The van der Waals surface area contributed by atoms with E-state index in [0.29, 0.717) is 8.95 Å². The van der Waals surface area contributed by atoms with E-state index in [1.165, 1.54) is 24.3 Å². The van der Waals surface area contributed by atoms with Gasteiger partial charge in [-0.25, -0.2) is 18.0 Å². The molecule has 0 aliphatic rings. The summed E-state index contributed by atoms with van der Waals surface area (Å²) in [6, 6.07) is 5.51. The molecule has 0 heterocycles. The molecule has 11 heteroatoms. The molecule has 2 rings (SSSR count). The maximum atomic E-state index is 13.3. The molecule has 0 amide bonds. The highest BCUT2D eigenvalue weighted by Crippen LogP contribution is 2.44. The number of halogens is 4. The Morgan fingerprint density at radius 1 is 0.759 bits per heavy atom. The number of esters is 2. The Hall–Kier alpha value is -1.27. The van der Waals surface area contributed by atoms with Crippen LogP contribution in [0.4, 0.5) is 0 Å². The van der Waals surface area contributed by atoms with Crippen molar-refractivity contribution < 1.29 is 27.5 Å². The minimum absolute atomic E-state index is 0.0254. The molecule has 0 N–H and O–H groups in total. The van der Waals surface area contributed by atoms with Crippen LogP contribution < -0.4 is 9.47 Å². The van der Waals surface area contributed by atoms with Crippen molar-refractivity contribution in [1.82, 2.24) is 0 Å². The number of sulfone groups is 1. The first-order valence-corrected chi connectivity index (χ1v) is 12.1. The zero-order chi connectivity index (χ0) is 21.9. The first-order valence-electron chi connectivity index (χ1n) is 7.44. The lowest BCUT2D eigenvalue weighted by atomic mass is 10.3. The van der Waals surface area contributed by atoms with Crippen molar-refractivity contribution in [3.8, 4) is 11.5 Å². The molecular formula is C18H10Br4O6S. The molecule has 0 saturated carbocycles. The van der Waals surface area contributed by atoms with E-state index >= 15 is 0 Å². The predicted octanol–water partition coefficient (Wildman–Crippen LogP) is 5.75. The zero-order valence-corrected chi connectivity index (χ0v) is 21.4. The van der Waals surface area contributed by atoms with E-state index < -0.39 is 21.8 Å². The van der Waals surface area contributed by atoms with E-state index in [1.54, 1.807) is 0 Å². The topological polar surface area (TPSA) is 86.7 Å². The van der Waals surface area contributed by atoms with Crippen molar-refractivity contribution in [3.05, 3.63) is 67.5 Å². The van der Waals surface area contributed by atoms with Crippen molar-refractivity contribution in [1.29, 1.82) is 0 Å². The van der Waals surface area contributed by atoms with Crippen molar-refractivity contribution in [2.75, 3.05) is 0 Å². The van der Waals surface area contributed by atoms with E-state index in [4.69, 9.17) is 9.47 Å². The van der Waals surface area contributed by atoms with Crippen molar-refractivity contribution >= 4 is 85.5 Å². The summed E-state index contributed by atoms with van der Waals surface area (Å²) in [7, 11) is -4.13. The standard InChI is InChI=1S/C18H10Br4O6S/c1-3-13(23)27-17-9(19)5-7-11(15(17)21)29(25,26)12-8-6-10(20)18(16(12)22)28-14(24)4-2/h3-8H,1-2H2. The molecule has 0 saturated heterocycles. The molecule has 152 valence electrons. The van der Waals surface area contributed by atoms with Gasteiger partial charge in [-0.3, -0.25) is 0 Å². The number of hydrogen-bond donors (Lipinski definition) is 0. The third-order valence-corrected chi connectivity index (χ3v) is 8.53. The Balaban J connectivity index is 2.68. The third kappa shape index (κ3) is 5.08. The Bertz CT molecular complexity index is 1060. The maximum Gasteiger partial charge on any atom is 0.335 e. The van der Waals surface area contributed by atoms with E-state index in [1.807, 2.05) is 0 Å². The van der Waals surface area contributed by atoms with Gasteiger partial charge in [0.05, 0.1) is 27.7 Å². The smallest absolute Gasteiger partial charge is 0.335 e. The lowest BCUT2D eigenvalue weighted by molar-refractivity contribution is -0.130. The van der Waals surface area contributed by atoms with Crippen LogP contribution in [0.2, 0.25) is 0 Å². The van der Waals surface area contributed by atoms with Gasteiger partial charge in [0.25, 0.3) is 0 Å². The fourth-order valence-corrected chi connectivity index (χ4v) is 6.91. The molecule has 0 bridgehead atoms. The van der Waals surface area contributed by atoms with Crippen LogP contribution in [0.1, 0.15) is 0 Å². The molecule has 0 fully saturated rings. The molecule has 2 aromatic rings. The fraction of sp³-hybridized carbons (Fsp3) is 0. The average Bonchev–Trinajstić information content (AvgIpc) is 2.67. The highest BCUT2D eigenvalue weighted by atomic mass is 79.9. The maximum absolute atomic E-state index is 13.3. The van der Waals surface area contributed by atoms with Gasteiger partial charge in [-0.2, -0.15) is 0 Å². The van der Waals surface area contributed by atoms with Gasteiger partial charge in [-0.15, -0.1) is 0 Å². The normalized spacial score (nSPS) is 10.9. The quantitative estimate of drug-likeness (QED) is 0.221. The molecule has 29 heavy (non-hydrogen) atoms. The molecule has 2 aromatic carbocycles. The van der Waals surface area contributed by atoms with Gasteiger partial charge in [-0.1, -0.05) is 13.2 Å².